The van der Waals surface area contributed by atoms with Gasteiger partial charge in [-0.15, -0.1) is 0 Å². The molecule has 0 saturated carbocycles. The molecule has 0 aromatic heterocycles. The summed E-state index contributed by atoms with van der Waals surface area (Å²) in [6.45, 7) is 6.97. The van der Waals surface area contributed by atoms with Gasteiger partial charge in [-0.05, 0) is 81.4 Å². The van der Waals surface area contributed by atoms with Crippen LogP contribution in [-0.4, -0.2) is 50.5 Å². The number of nitrogens with one attached hydrogen (secondary N) is 2. The predicted octanol–water partition coefficient (Wildman–Crippen LogP) is 4.14. The van der Waals surface area contributed by atoms with Crippen LogP contribution in [-0.2, 0) is 6.54 Å². The van der Waals surface area contributed by atoms with E-state index in [1.165, 1.54) is 36.8 Å². The summed E-state index contributed by atoms with van der Waals surface area (Å²) in [7, 11) is 1.69. The van der Waals surface area contributed by atoms with Gasteiger partial charge >= 0.3 is 0 Å². The van der Waals surface area contributed by atoms with Gasteiger partial charge in [0.25, 0.3) is 0 Å². The van der Waals surface area contributed by atoms with E-state index in [-0.39, 0.29) is 0 Å². The van der Waals surface area contributed by atoms with Crippen molar-refractivity contribution in [2.75, 3.05) is 33.4 Å². The van der Waals surface area contributed by atoms with Gasteiger partial charge < -0.3 is 14.8 Å². The number of ether oxygens (including phenoxy) is 2. The van der Waals surface area contributed by atoms with E-state index in [1.807, 2.05) is 13.0 Å². The fourth-order valence-electron chi connectivity index (χ4n) is 4.96. The van der Waals surface area contributed by atoms with Gasteiger partial charge in [-0.1, -0.05) is 36.4 Å². The summed E-state index contributed by atoms with van der Waals surface area (Å²) in [5.41, 5.74) is 2.77. The van der Waals surface area contributed by atoms with E-state index in [2.05, 4.69) is 58.0 Å². The van der Waals surface area contributed by atoms with Crippen LogP contribution >= 0.6 is 0 Å². The van der Waals surface area contributed by atoms with E-state index in [1.54, 1.807) is 7.11 Å². The molecule has 2 aliphatic heterocycles. The first kappa shape index (κ1) is 22.1. The van der Waals surface area contributed by atoms with Gasteiger partial charge in [0, 0.05) is 12.6 Å². The molecule has 0 radical (unpaired) electrons. The van der Waals surface area contributed by atoms with Crippen molar-refractivity contribution in [3.63, 3.8) is 0 Å². The Kier molecular flexibility index (Phi) is 7.84. The van der Waals surface area contributed by atoms with Gasteiger partial charge in [-0.25, -0.2) is 0 Å². The SMILES string of the molecule is CCOc1cc(CN2CCC(NC3CC(c4ccccc4)CCN3)CC2)ccc1OC. The van der Waals surface area contributed by atoms with Gasteiger partial charge in [0.1, 0.15) is 0 Å². The first-order valence-corrected chi connectivity index (χ1v) is 11.8. The third kappa shape index (κ3) is 6.00. The minimum Gasteiger partial charge on any atom is -0.493 e. The summed E-state index contributed by atoms with van der Waals surface area (Å²) in [6, 6.07) is 17.9. The zero-order valence-electron chi connectivity index (χ0n) is 19.0. The molecule has 0 aliphatic carbocycles. The van der Waals surface area contributed by atoms with Crippen molar-refractivity contribution in [2.45, 2.75) is 57.3 Å². The van der Waals surface area contributed by atoms with E-state index < -0.39 is 0 Å². The number of rotatable bonds is 8. The molecule has 2 aromatic carbocycles. The number of likely N-dealkylation sites (tertiary alicyclic amines) is 1. The van der Waals surface area contributed by atoms with Crippen LogP contribution in [0.15, 0.2) is 48.5 Å². The maximum Gasteiger partial charge on any atom is 0.161 e. The second kappa shape index (κ2) is 11.0. The van der Waals surface area contributed by atoms with Crippen molar-refractivity contribution in [3.05, 3.63) is 59.7 Å². The quantitative estimate of drug-likeness (QED) is 0.668. The summed E-state index contributed by atoms with van der Waals surface area (Å²) in [6.07, 6.45) is 5.22. The summed E-state index contributed by atoms with van der Waals surface area (Å²) in [4.78, 5) is 2.55. The van der Waals surface area contributed by atoms with E-state index in [0.29, 0.717) is 24.7 Å². The van der Waals surface area contributed by atoms with E-state index in [9.17, 15) is 0 Å². The van der Waals surface area contributed by atoms with Gasteiger partial charge in [0.2, 0.25) is 0 Å². The van der Waals surface area contributed by atoms with Crippen molar-refractivity contribution in [1.29, 1.82) is 0 Å². The average Bonchev–Trinajstić information content (AvgIpc) is 2.82. The van der Waals surface area contributed by atoms with Crippen LogP contribution < -0.4 is 20.1 Å². The van der Waals surface area contributed by atoms with Crippen LogP contribution in [0.2, 0.25) is 0 Å². The minimum atomic E-state index is 0.422. The van der Waals surface area contributed by atoms with Crippen molar-refractivity contribution in [1.82, 2.24) is 15.5 Å². The zero-order chi connectivity index (χ0) is 21.5. The molecule has 0 amide bonds. The molecule has 4 rings (SSSR count). The second-order valence-electron chi connectivity index (χ2n) is 8.77. The van der Waals surface area contributed by atoms with Crippen molar-refractivity contribution < 1.29 is 9.47 Å². The molecule has 0 spiro atoms. The molecule has 2 fully saturated rings. The molecule has 2 heterocycles. The topological polar surface area (TPSA) is 45.8 Å². The Morgan fingerprint density at radius 2 is 1.84 bits per heavy atom. The molecule has 2 aromatic rings. The fourth-order valence-corrected chi connectivity index (χ4v) is 4.96. The summed E-state index contributed by atoms with van der Waals surface area (Å²) in [5, 5.41) is 7.60. The average molecular weight is 424 g/mol. The lowest BCUT2D eigenvalue weighted by atomic mass is 9.88. The number of benzene rings is 2. The lowest BCUT2D eigenvalue weighted by molar-refractivity contribution is 0.171. The first-order chi connectivity index (χ1) is 15.2. The number of nitrogens with zero attached hydrogens (tertiary/aromatic N) is 1. The molecule has 2 N–H and O–H groups in total. The highest BCUT2D eigenvalue weighted by Crippen LogP contribution is 2.30. The van der Waals surface area contributed by atoms with Gasteiger partial charge in [0.15, 0.2) is 11.5 Å². The Morgan fingerprint density at radius 1 is 1.03 bits per heavy atom. The zero-order valence-corrected chi connectivity index (χ0v) is 19.0. The molecule has 2 atom stereocenters. The van der Waals surface area contributed by atoms with Crippen LogP contribution in [0, 0.1) is 0 Å². The molecular weight excluding hydrogens is 386 g/mol. The number of methoxy groups -OCH3 is 1. The maximum atomic E-state index is 5.74. The second-order valence-corrected chi connectivity index (χ2v) is 8.77. The fraction of sp³-hybridized carbons (Fsp3) is 0.538. The summed E-state index contributed by atoms with van der Waals surface area (Å²) >= 11 is 0. The Bertz CT molecular complexity index is 806. The normalized spacial score (nSPS) is 22.9. The van der Waals surface area contributed by atoms with Crippen LogP contribution in [0.1, 0.15) is 49.7 Å². The lowest BCUT2D eigenvalue weighted by Crippen LogP contribution is -2.53. The number of hydrogen-bond donors (Lipinski definition) is 2. The predicted molar refractivity (Wildman–Crippen MR) is 126 cm³/mol. The van der Waals surface area contributed by atoms with Crippen LogP contribution in [0.4, 0.5) is 0 Å². The van der Waals surface area contributed by atoms with Crippen molar-refractivity contribution in [2.24, 2.45) is 0 Å². The van der Waals surface area contributed by atoms with Crippen LogP contribution in [0.3, 0.4) is 0 Å². The number of hydrogen-bond acceptors (Lipinski definition) is 5. The molecule has 5 nitrogen and oxygen atoms in total. The Hall–Kier alpha value is -2.08. The molecule has 0 bridgehead atoms. The standard InChI is InChI=1S/C26H37N3O2/c1-3-31-25-17-20(9-10-24(25)30-2)19-29-15-12-23(13-16-29)28-26-18-22(11-14-27-26)21-7-5-4-6-8-21/h4-10,17,22-23,26-28H,3,11-16,18-19H2,1-2H3. The molecule has 5 heteroatoms. The molecule has 31 heavy (non-hydrogen) atoms. The van der Waals surface area contributed by atoms with E-state index in [4.69, 9.17) is 9.47 Å². The molecular formula is C26H37N3O2. The lowest BCUT2D eigenvalue weighted by Gasteiger charge is -2.37. The van der Waals surface area contributed by atoms with Gasteiger partial charge in [-0.3, -0.25) is 10.2 Å². The highest BCUT2D eigenvalue weighted by molar-refractivity contribution is 5.43. The van der Waals surface area contributed by atoms with E-state index >= 15 is 0 Å². The third-order valence-corrected chi connectivity index (χ3v) is 6.63. The van der Waals surface area contributed by atoms with Crippen LogP contribution in [0.25, 0.3) is 0 Å². The highest BCUT2D eigenvalue weighted by atomic mass is 16.5. The Morgan fingerprint density at radius 3 is 2.58 bits per heavy atom. The third-order valence-electron chi connectivity index (χ3n) is 6.63. The first-order valence-electron chi connectivity index (χ1n) is 11.8. The Labute approximate surface area is 187 Å². The van der Waals surface area contributed by atoms with Gasteiger partial charge in [-0.2, -0.15) is 0 Å². The summed E-state index contributed by atoms with van der Waals surface area (Å²) in [5.74, 6) is 2.31. The summed E-state index contributed by atoms with van der Waals surface area (Å²) < 4.78 is 11.2. The van der Waals surface area contributed by atoms with Crippen LogP contribution in [0.5, 0.6) is 11.5 Å². The monoisotopic (exact) mass is 423 g/mol. The largest absolute Gasteiger partial charge is 0.493 e. The number of piperidine rings is 2. The minimum absolute atomic E-state index is 0.422. The van der Waals surface area contributed by atoms with E-state index in [0.717, 1.165) is 37.7 Å². The Balaban J connectivity index is 1.25. The van der Waals surface area contributed by atoms with Crippen molar-refractivity contribution in [3.8, 4) is 11.5 Å². The molecule has 168 valence electrons. The molecule has 2 aliphatic rings. The molecule has 2 saturated heterocycles. The molecule has 2 unspecified atom stereocenters. The van der Waals surface area contributed by atoms with Gasteiger partial charge in [0.05, 0.1) is 19.9 Å². The van der Waals surface area contributed by atoms with Crippen molar-refractivity contribution >= 4 is 0 Å². The smallest absolute Gasteiger partial charge is 0.161 e. The highest BCUT2D eigenvalue weighted by Gasteiger charge is 2.26. The maximum absolute atomic E-state index is 5.74.